The van der Waals surface area contributed by atoms with Crippen molar-refractivity contribution in [3.63, 3.8) is 0 Å². The lowest BCUT2D eigenvalue weighted by Gasteiger charge is -2.30. The summed E-state index contributed by atoms with van der Waals surface area (Å²) in [6.07, 6.45) is 5.32. The van der Waals surface area contributed by atoms with Gasteiger partial charge < -0.3 is 10.2 Å². The van der Waals surface area contributed by atoms with Crippen LogP contribution in [-0.2, 0) is 0 Å². The van der Waals surface area contributed by atoms with Crippen molar-refractivity contribution in [2.75, 3.05) is 20.1 Å². The largest absolute Gasteiger partial charge is 0.348 e. The Morgan fingerprint density at radius 3 is 3.25 bits per heavy atom. The van der Waals surface area contributed by atoms with Gasteiger partial charge in [-0.3, -0.25) is 9.78 Å². The van der Waals surface area contributed by atoms with Crippen LogP contribution in [0, 0.1) is 6.07 Å². The minimum atomic E-state index is -0.0531. The molecule has 1 aromatic heterocycles. The van der Waals surface area contributed by atoms with E-state index in [4.69, 9.17) is 0 Å². The Morgan fingerprint density at radius 2 is 2.56 bits per heavy atom. The van der Waals surface area contributed by atoms with Crippen LogP contribution >= 0.6 is 0 Å². The van der Waals surface area contributed by atoms with Gasteiger partial charge in [0.25, 0.3) is 5.91 Å². The Labute approximate surface area is 95.7 Å². The summed E-state index contributed by atoms with van der Waals surface area (Å²) >= 11 is 0. The summed E-state index contributed by atoms with van der Waals surface area (Å²) in [6.45, 7) is 2.05. The number of piperidine rings is 1. The van der Waals surface area contributed by atoms with Crippen molar-refractivity contribution < 1.29 is 4.79 Å². The topological polar surface area (TPSA) is 45.2 Å². The molecule has 2 heterocycles. The van der Waals surface area contributed by atoms with Gasteiger partial charge in [0, 0.05) is 31.0 Å². The molecule has 4 heteroatoms. The lowest BCUT2D eigenvalue weighted by molar-refractivity contribution is 0.0912. The molecule has 1 fully saturated rings. The van der Waals surface area contributed by atoms with Crippen molar-refractivity contribution in [3.05, 3.63) is 30.1 Å². The zero-order chi connectivity index (χ0) is 11.4. The van der Waals surface area contributed by atoms with Gasteiger partial charge in [0.05, 0.1) is 5.56 Å². The van der Waals surface area contributed by atoms with Crippen LogP contribution < -0.4 is 5.32 Å². The molecule has 0 saturated carbocycles. The van der Waals surface area contributed by atoms with Crippen LogP contribution in [0.15, 0.2) is 18.5 Å². The third-order valence-electron chi connectivity index (χ3n) is 2.83. The highest BCUT2D eigenvalue weighted by atomic mass is 16.1. The standard InChI is InChI=1S/C12H16N3O/c1-15-8-2-3-11(9-15)14-12(16)10-4-6-13-7-5-10/h4,6-7,11H,2-3,8-9H2,1H3,(H,14,16). The molecule has 1 saturated heterocycles. The van der Waals surface area contributed by atoms with Gasteiger partial charge in [-0.1, -0.05) is 0 Å². The van der Waals surface area contributed by atoms with E-state index in [-0.39, 0.29) is 11.9 Å². The number of pyridine rings is 1. The van der Waals surface area contributed by atoms with E-state index >= 15 is 0 Å². The second-order valence-corrected chi connectivity index (χ2v) is 4.23. The summed E-state index contributed by atoms with van der Waals surface area (Å²) in [5.74, 6) is -0.0531. The van der Waals surface area contributed by atoms with Gasteiger partial charge >= 0.3 is 0 Å². The minimum Gasteiger partial charge on any atom is -0.348 e. The molecule has 1 radical (unpaired) electrons. The monoisotopic (exact) mass is 218 g/mol. The Hall–Kier alpha value is -1.42. The van der Waals surface area contributed by atoms with E-state index in [0.717, 1.165) is 25.9 Å². The molecule has 1 aromatic rings. The van der Waals surface area contributed by atoms with Crippen LogP contribution in [-0.4, -0.2) is 42.0 Å². The third-order valence-corrected chi connectivity index (χ3v) is 2.83. The first-order valence-electron chi connectivity index (χ1n) is 5.57. The Morgan fingerprint density at radius 1 is 1.69 bits per heavy atom. The van der Waals surface area contributed by atoms with E-state index in [9.17, 15) is 4.79 Å². The minimum absolute atomic E-state index is 0.0531. The van der Waals surface area contributed by atoms with Gasteiger partial charge in [0.15, 0.2) is 0 Å². The number of likely N-dealkylation sites (N-methyl/N-ethyl adjacent to an activating group) is 1. The molecule has 1 N–H and O–H groups in total. The molecular weight excluding hydrogens is 202 g/mol. The van der Waals surface area contributed by atoms with E-state index in [1.807, 2.05) is 0 Å². The number of aromatic nitrogens is 1. The smallest absolute Gasteiger partial charge is 0.252 e. The lowest BCUT2D eigenvalue weighted by Crippen LogP contribution is -2.46. The molecule has 1 aliphatic heterocycles. The van der Waals surface area contributed by atoms with Crippen molar-refractivity contribution in [2.24, 2.45) is 0 Å². The maximum Gasteiger partial charge on any atom is 0.252 e. The fourth-order valence-corrected chi connectivity index (χ4v) is 2.00. The summed E-state index contributed by atoms with van der Waals surface area (Å²) < 4.78 is 0. The number of likely N-dealkylation sites (tertiary alicyclic amines) is 1. The van der Waals surface area contributed by atoms with Crippen LogP contribution in [0.5, 0.6) is 0 Å². The van der Waals surface area contributed by atoms with Crippen LogP contribution in [0.3, 0.4) is 0 Å². The fourth-order valence-electron chi connectivity index (χ4n) is 2.00. The highest BCUT2D eigenvalue weighted by molar-refractivity contribution is 5.93. The van der Waals surface area contributed by atoms with Gasteiger partial charge in [-0.15, -0.1) is 0 Å². The van der Waals surface area contributed by atoms with Crippen LogP contribution in [0.4, 0.5) is 0 Å². The molecular formula is C12H16N3O. The van der Waals surface area contributed by atoms with Gasteiger partial charge in [0.1, 0.15) is 0 Å². The third kappa shape index (κ3) is 2.79. The normalized spacial score (nSPS) is 21.7. The molecule has 1 aliphatic rings. The summed E-state index contributed by atoms with van der Waals surface area (Å²) in [4.78, 5) is 17.9. The predicted octanol–water partition coefficient (Wildman–Crippen LogP) is 0.706. The molecule has 85 valence electrons. The van der Waals surface area contributed by atoms with Crippen molar-refractivity contribution in [1.82, 2.24) is 15.2 Å². The number of hydrogen-bond donors (Lipinski definition) is 1. The summed E-state index contributed by atoms with van der Waals surface area (Å²) in [5.41, 5.74) is 0.559. The SMILES string of the molecule is CN1CCCC(NC(=O)c2[c]cncc2)C1. The quantitative estimate of drug-likeness (QED) is 0.795. The molecule has 0 bridgehead atoms. The zero-order valence-electron chi connectivity index (χ0n) is 9.44. The van der Waals surface area contributed by atoms with Crippen LogP contribution in [0.2, 0.25) is 0 Å². The second-order valence-electron chi connectivity index (χ2n) is 4.23. The molecule has 1 amide bonds. The van der Waals surface area contributed by atoms with Crippen molar-refractivity contribution in [1.29, 1.82) is 0 Å². The fraction of sp³-hybridized carbons (Fsp3) is 0.500. The van der Waals surface area contributed by atoms with Gasteiger partial charge in [-0.2, -0.15) is 0 Å². The van der Waals surface area contributed by atoms with E-state index < -0.39 is 0 Å². The van der Waals surface area contributed by atoms with E-state index in [2.05, 4.69) is 28.3 Å². The number of nitrogens with zero attached hydrogens (tertiary/aromatic N) is 2. The first-order chi connectivity index (χ1) is 7.75. The summed E-state index contributed by atoms with van der Waals surface area (Å²) in [6, 6.07) is 4.77. The summed E-state index contributed by atoms with van der Waals surface area (Å²) in [5, 5.41) is 3.03. The highest BCUT2D eigenvalue weighted by Crippen LogP contribution is 2.08. The Balaban J connectivity index is 1.92. The van der Waals surface area contributed by atoms with Crippen molar-refractivity contribution >= 4 is 5.91 Å². The number of carbonyl (C=O) groups is 1. The number of hydrogen-bond acceptors (Lipinski definition) is 3. The molecule has 1 unspecified atom stereocenters. The molecule has 1 atom stereocenters. The van der Waals surface area contributed by atoms with E-state index in [0.29, 0.717) is 5.56 Å². The molecule has 0 spiro atoms. The maximum atomic E-state index is 11.8. The van der Waals surface area contributed by atoms with E-state index in [1.165, 1.54) is 6.20 Å². The van der Waals surface area contributed by atoms with E-state index in [1.54, 1.807) is 12.3 Å². The number of amides is 1. The van der Waals surface area contributed by atoms with Crippen LogP contribution in [0.25, 0.3) is 0 Å². The van der Waals surface area contributed by atoms with Gasteiger partial charge in [-0.25, -0.2) is 0 Å². The average Bonchev–Trinajstić information content (AvgIpc) is 2.30. The maximum absolute atomic E-state index is 11.8. The summed E-state index contributed by atoms with van der Waals surface area (Å²) in [7, 11) is 2.08. The average molecular weight is 218 g/mol. The lowest BCUT2D eigenvalue weighted by atomic mass is 10.1. The first kappa shape index (κ1) is 11.1. The predicted molar refractivity (Wildman–Crippen MR) is 61.1 cm³/mol. The second kappa shape index (κ2) is 5.07. The van der Waals surface area contributed by atoms with Crippen molar-refractivity contribution in [3.8, 4) is 0 Å². The molecule has 2 rings (SSSR count). The Bertz CT molecular complexity index is 353. The number of nitrogens with one attached hydrogen (secondary N) is 1. The molecule has 0 aromatic carbocycles. The molecule has 4 nitrogen and oxygen atoms in total. The van der Waals surface area contributed by atoms with Crippen molar-refractivity contribution in [2.45, 2.75) is 18.9 Å². The van der Waals surface area contributed by atoms with Gasteiger partial charge in [0.2, 0.25) is 0 Å². The number of carbonyl (C=O) groups excluding carboxylic acids is 1. The zero-order valence-corrected chi connectivity index (χ0v) is 9.44. The van der Waals surface area contributed by atoms with Crippen LogP contribution in [0.1, 0.15) is 23.2 Å². The Kier molecular flexibility index (Phi) is 3.51. The number of rotatable bonds is 2. The molecule has 0 aliphatic carbocycles. The molecule has 16 heavy (non-hydrogen) atoms. The highest BCUT2D eigenvalue weighted by Gasteiger charge is 2.19. The first-order valence-corrected chi connectivity index (χ1v) is 5.57. The van der Waals surface area contributed by atoms with Gasteiger partial charge in [-0.05, 0) is 32.5 Å².